The van der Waals surface area contributed by atoms with E-state index in [0.29, 0.717) is 12.4 Å². The highest BCUT2D eigenvalue weighted by Crippen LogP contribution is 2.35. The van der Waals surface area contributed by atoms with E-state index in [1.807, 2.05) is 49.7 Å². The topological polar surface area (TPSA) is 88.8 Å². The summed E-state index contributed by atoms with van der Waals surface area (Å²) in [6, 6.07) is -0.115. The average Bonchev–Trinajstić information content (AvgIpc) is 3.42. The van der Waals surface area contributed by atoms with E-state index in [0.717, 1.165) is 45.5 Å². The first-order chi connectivity index (χ1) is 14.4. The highest BCUT2D eigenvalue weighted by Gasteiger charge is 2.32. The zero-order valence-corrected chi connectivity index (χ0v) is 18.4. The Morgan fingerprint density at radius 2 is 2.03 bits per heavy atom. The molecule has 30 heavy (non-hydrogen) atoms. The number of anilines is 2. The maximum absolute atomic E-state index is 13.0. The summed E-state index contributed by atoms with van der Waals surface area (Å²) in [5, 5.41) is 8.45. The van der Waals surface area contributed by atoms with Gasteiger partial charge in [-0.1, -0.05) is 0 Å². The molecule has 3 aromatic rings. The summed E-state index contributed by atoms with van der Waals surface area (Å²) in [7, 11) is 1.91. The van der Waals surface area contributed by atoms with Gasteiger partial charge < -0.3 is 10.2 Å². The van der Waals surface area contributed by atoms with Crippen molar-refractivity contribution in [1.29, 1.82) is 0 Å². The second-order valence-corrected chi connectivity index (χ2v) is 8.66. The van der Waals surface area contributed by atoms with Crippen LogP contribution in [0.15, 0.2) is 24.7 Å². The quantitative estimate of drug-likeness (QED) is 0.629. The lowest BCUT2D eigenvalue weighted by Crippen LogP contribution is -2.30. The van der Waals surface area contributed by atoms with Crippen molar-refractivity contribution in [3.05, 3.63) is 52.2 Å². The average molecular weight is 424 g/mol. The second kappa shape index (κ2) is 8.35. The number of hydrogen-bond donors (Lipinski definition) is 1. The first-order valence-electron chi connectivity index (χ1n) is 9.93. The Labute approximate surface area is 179 Å². The molecule has 0 saturated carbocycles. The smallest absolute Gasteiger partial charge is 0.247 e. The van der Waals surface area contributed by atoms with Gasteiger partial charge in [-0.3, -0.25) is 14.5 Å². The summed E-state index contributed by atoms with van der Waals surface area (Å²) in [6.45, 7) is 6.66. The molecule has 1 aliphatic rings. The van der Waals surface area contributed by atoms with E-state index in [1.165, 1.54) is 0 Å². The predicted octanol–water partition coefficient (Wildman–Crippen LogP) is 3.71. The zero-order valence-electron chi connectivity index (χ0n) is 17.6. The van der Waals surface area contributed by atoms with Crippen LogP contribution in [0.25, 0.3) is 6.08 Å². The van der Waals surface area contributed by atoms with Gasteiger partial charge in [0.2, 0.25) is 5.91 Å². The zero-order chi connectivity index (χ0) is 21.3. The molecule has 4 heterocycles. The van der Waals surface area contributed by atoms with Gasteiger partial charge in [-0.15, -0.1) is 11.3 Å². The van der Waals surface area contributed by atoms with Crippen LogP contribution in [0.1, 0.15) is 46.4 Å². The molecular weight excluding hydrogens is 398 g/mol. The van der Waals surface area contributed by atoms with Crippen LogP contribution in [0.3, 0.4) is 0 Å². The Morgan fingerprint density at radius 1 is 1.23 bits per heavy atom. The maximum atomic E-state index is 13.0. The molecule has 0 radical (unpaired) electrons. The van der Waals surface area contributed by atoms with Crippen molar-refractivity contribution in [2.75, 3.05) is 11.9 Å². The van der Waals surface area contributed by atoms with Gasteiger partial charge >= 0.3 is 0 Å². The van der Waals surface area contributed by atoms with E-state index in [9.17, 15) is 4.79 Å². The number of amides is 1. The molecule has 1 atom stereocenters. The maximum Gasteiger partial charge on any atom is 0.247 e. The number of thiazole rings is 1. The van der Waals surface area contributed by atoms with Crippen LogP contribution in [-0.2, 0) is 11.8 Å². The number of aryl methyl sites for hydroxylation is 3. The Kier molecular flexibility index (Phi) is 5.63. The van der Waals surface area contributed by atoms with Crippen LogP contribution in [0.4, 0.5) is 10.9 Å². The van der Waals surface area contributed by atoms with E-state index in [-0.39, 0.29) is 11.9 Å². The van der Waals surface area contributed by atoms with Gasteiger partial charge in [0.15, 0.2) is 10.9 Å². The summed E-state index contributed by atoms with van der Waals surface area (Å²) in [6.07, 6.45) is 10.4. The van der Waals surface area contributed by atoms with E-state index >= 15 is 0 Å². The van der Waals surface area contributed by atoms with Gasteiger partial charge in [0, 0.05) is 54.4 Å². The third-order valence-corrected chi connectivity index (χ3v) is 6.21. The summed E-state index contributed by atoms with van der Waals surface area (Å²) >= 11 is 1.56. The largest absolute Gasteiger partial charge is 0.330 e. The van der Waals surface area contributed by atoms with Crippen LogP contribution in [0.2, 0.25) is 0 Å². The van der Waals surface area contributed by atoms with E-state index in [4.69, 9.17) is 0 Å². The fourth-order valence-electron chi connectivity index (χ4n) is 3.80. The SMILES string of the molecule is Cc1cnc(Nc2nccnc2C2CCCN2C(=O)/C=C/c2c(C)nn(C)c2C)s1. The molecule has 3 aromatic heterocycles. The minimum atomic E-state index is -0.115. The molecule has 1 fully saturated rings. The highest BCUT2D eigenvalue weighted by molar-refractivity contribution is 7.15. The normalized spacial score (nSPS) is 16.5. The van der Waals surface area contributed by atoms with E-state index < -0.39 is 0 Å². The molecule has 0 bridgehead atoms. The third kappa shape index (κ3) is 3.97. The predicted molar refractivity (Wildman–Crippen MR) is 118 cm³/mol. The van der Waals surface area contributed by atoms with Gasteiger partial charge in [-0.2, -0.15) is 5.10 Å². The molecule has 0 aliphatic carbocycles. The standard InChI is InChI=1S/C21H25N7OS/c1-13-12-24-21(30-13)25-20-19(22-9-10-23-20)17-6-5-11-28(17)18(29)8-7-16-14(2)26-27(4)15(16)3/h7-10,12,17H,5-6,11H2,1-4H3,(H,23,24,25)/b8-7+. The number of hydrogen-bond acceptors (Lipinski definition) is 7. The van der Waals surface area contributed by atoms with E-state index in [2.05, 4.69) is 25.4 Å². The number of carbonyl (C=O) groups excluding carboxylic acids is 1. The number of nitrogens with zero attached hydrogens (tertiary/aromatic N) is 6. The van der Waals surface area contributed by atoms with Crippen LogP contribution in [-0.4, -0.2) is 42.1 Å². The van der Waals surface area contributed by atoms with Crippen molar-refractivity contribution < 1.29 is 4.79 Å². The fourth-order valence-corrected chi connectivity index (χ4v) is 4.46. The van der Waals surface area contributed by atoms with Crippen LogP contribution < -0.4 is 5.32 Å². The van der Waals surface area contributed by atoms with Gasteiger partial charge in [0.1, 0.15) is 5.69 Å². The minimum absolute atomic E-state index is 0.0261. The number of likely N-dealkylation sites (tertiary alicyclic amines) is 1. The number of carbonyl (C=O) groups is 1. The highest BCUT2D eigenvalue weighted by atomic mass is 32.1. The van der Waals surface area contributed by atoms with Gasteiger partial charge in [0.25, 0.3) is 0 Å². The van der Waals surface area contributed by atoms with Crippen LogP contribution in [0, 0.1) is 20.8 Å². The molecule has 0 spiro atoms. The van der Waals surface area contributed by atoms with Crippen LogP contribution >= 0.6 is 11.3 Å². The van der Waals surface area contributed by atoms with Crippen molar-refractivity contribution in [2.45, 2.75) is 39.7 Å². The Bertz CT molecular complexity index is 1100. The Hall–Kier alpha value is -3.07. The molecule has 1 amide bonds. The number of nitrogens with one attached hydrogen (secondary N) is 1. The van der Waals surface area contributed by atoms with Crippen molar-refractivity contribution in [2.24, 2.45) is 7.05 Å². The lowest BCUT2D eigenvalue weighted by molar-refractivity contribution is -0.126. The Morgan fingerprint density at radius 3 is 2.73 bits per heavy atom. The molecule has 9 heteroatoms. The summed E-state index contributed by atoms with van der Waals surface area (Å²) in [5.74, 6) is 0.626. The summed E-state index contributed by atoms with van der Waals surface area (Å²) in [4.78, 5) is 29.4. The third-order valence-electron chi connectivity index (χ3n) is 5.38. The van der Waals surface area contributed by atoms with Crippen molar-refractivity contribution in [3.8, 4) is 0 Å². The summed E-state index contributed by atoms with van der Waals surface area (Å²) < 4.78 is 1.83. The molecule has 1 unspecified atom stereocenters. The second-order valence-electron chi connectivity index (χ2n) is 7.42. The molecule has 0 aromatic carbocycles. The monoisotopic (exact) mass is 423 g/mol. The molecule has 156 valence electrons. The lowest BCUT2D eigenvalue weighted by Gasteiger charge is -2.24. The Balaban J connectivity index is 1.56. The van der Waals surface area contributed by atoms with E-state index in [1.54, 1.807) is 29.8 Å². The van der Waals surface area contributed by atoms with Crippen molar-refractivity contribution >= 4 is 34.3 Å². The summed E-state index contributed by atoms with van der Waals surface area (Å²) in [5.41, 5.74) is 3.71. The number of rotatable bonds is 5. The molecule has 1 aliphatic heterocycles. The first kappa shape index (κ1) is 20.2. The fraction of sp³-hybridized carbons (Fsp3) is 0.381. The van der Waals surface area contributed by atoms with Crippen molar-refractivity contribution in [1.82, 2.24) is 29.6 Å². The van der Waals surface area contributed by atoms with Gasteiger partial charge in [-0.25, -0.2) is 9.97 Å². The molecular formula is C21H25N7OS. The lowest BCUT2D eigenvalue weighted by atomic mass is 10.1. The first-order valence-corrected chi connectivity index (χ1v) is 10.7. The van der Waals surface area contributed by atoms with Crippen molar-refractivity contribution in [3.63, 3.8) is 0 Å². The molecule has 1 saturated heterocycles. The molecule has 4 rings (SSSR count). The van der Waals surface area contributed by atoms with Gasteiger partial charge in [0.05, 0.1) is 11.7 Å². The molecule has 8 nitrogen and oxygen atoms in total. The van der Waals surface area contributed by atoms with Crippen LogP contribution in [0.5, 0.6) is 0 Å². The number of aromatic nitrogens is 5. The van der Waals surface area contributed by atoms with Gasteiger partial charge in [-0.05, 0) is 39.7 Å². The molecule has 1 N–H and O–H groups in total. The minimum Gasteiger partial charge on any atom is -0.330 e.